The van der Waals surface area contributed by atoms with Crippen LogP contribution in [0.4, 0.5) is 79.0 Å². The average molecular weight is 548 g/mol. The van der Waals surface area contributed by atoms with Crippen molar-refractivity contribution in [3.8, 4) is 0 Å². The lowest BCUT2D eigenvalue weighted by molar-refractivity contribution is -0.248. The van der Waals surface area contributed by atoms with Crippen LogP contribution in [0, 0.1) is 0 Å². The molecule has 0 saturated heterocycles. The summed E-state index contributed by atoms with van der Waals surface area (Å²) in [5.41, 5.74) is -17.5. The van der Waals surface area contributed by atoms with Crippen LogP contribution in [-0.2, 0) is 14.0 Å². The third-order valence-corrected chi connectivity index (χ3v) is 5.30. The number of hydrogen-bond acceptors (Lipinski definition) is 3. The fraction of sp³-hybridized carbons (Fsp3) is 1.00. The third-order valence-electron chi connectivity index (χ3n) is 5.30. The maximum absolute atomic E-state index is 14.0. The summed E-state index contributed by atoms with van der Waals surface area (Å²) in [5.74, 6) is -16.9. The van der Waals surface area contributed by atoms with Crippen molar-refractivity contribution in [1.29, 1.82) is 0 Å². The van der Waals surface area contributed by atoms with Crippen molar-refractivity contribution in [3.63, 3.8) is 0 Å². The molecule has 0 aromatic rings. The summed E-state index contributed by atoms with van der Waals surface area (Å²) in [6.45, 7) is 0. The molecule has 9 atom stereocenters. The van der Waals surface area contributed by atoms with Gasteiger partial charge in [-0.2, -0.15) is 39.5 Å². The van der Waals surface area contributed by atoms with Crippen LogP contribution in [-0.4, -0.2) is 78.9 Å². The highest BCUT2D eigenvalue weighted by Crippen LogP contribution is 2.70. The van der Waals surface area contributed by atoms with Crippen LogP contribution >= 0.6 is 0 Å². The van der Waals surface area contributed by atoms with E-state index in [1.807, 2.05) is 0 Å². The van der Waals surface area contributed by atoms with E-state index >= 15 is 0 Å². The van der Waals surface area contributed by atoms with Crippen LogP contribution in [0.2, 0.25) is 0 Å². The van der Waals surface area contributed by atoms with Gasteiger partial charge < -0.3 is 14.0 Å². The van der Waals surface area contributed by atoms with Gasteiger partial charge in [-0.05, 0) is 0 Å². The second kappa shape index (κ2) is 6.51. The Hall–Kier alpha value is -1.32. The predicted octanol–water partition coefficient (Wildman–Crippen LogP) is 4.89. The quantitative estimate of drug-likeness (QED) is 0.350. The van der Waals surface area contributed by atoms with Crippen molar-refractivity contribution in [2.24, 2.45) is 0 Å². The van der Waals surface area contributed by atoms with Gasteiger partial charge in [-0.15, -0.1) is 0 Å². The summed E-state index contributed by atoms with van der Waals surface area (Å²) < 4.78 is 244. The molecule has 9 unspecified atom stereocenters. The Morgan fingerprint density at radius 2 is 0.618 bits per heavy atom. The molecule has 3 aliphatic rings. The summed E-state index contributed by atoms with van der Waals surface area (Å²) in [6, 6.07) is 0. The molecule has 0 aromatic heterocycles. The summed E-state index contributed by atoms with van der Waals surface area (Å²) in [7, 11) is -4.75. The van der Waals surface area contributed by atoms with Crippen molar-refractivity contribution in [2.45, 2.75) is 71.6 Å². The van der Waals surface area contributed by atoms with Gasteiger partial charge in [-0.3, -0.25) is 0 Å². The van der Waals surface area contributed by atoms with Gasteiger partial charge >= 0.3 is 42.9 Å². The normalized spacial score (nSPS) is 50.8. The largest absolute Gasteiger partial charge is 0.646 e. The topological polar surface area (TPSA) is 27.7 Å². The van der Waals surface area contributed by atoms with Crippen molar-refractivity contribution < 1.29 is 93.0 Å². The van der Waals surface area contributed by atoms with Crippen LogP contribution in [0.15, 0.2) is 0 Å². The molecule has 3 saturated carbocycles. The first kappa shape index (κ1) is 27.3. The van der Waals surface area contributed by atoms with E-state index in [0.29, 0.717) is 0 Å². The van der Waals surface area contributed by atoms with Gasteiger partial charge in [-0.1, -0.05) is 0 Å². The lowest BCUT2D eigenvalue weighted by Gasteiger charge is -2.24. The molecule has 3 nitrogen and oxygen atoms in total. The van der Waals surface area contributed by atoms with E-state index < -0.39 is 78.9 Å². The summed E-state index contributed by atoms with van der Waals surface area (Å²) >= 11 is 0. The highest BCUT2D eigenvalue weighted by atomic mass is 19.4. The van der Waals surface area contributed by atoms with Crippen molar-refractivity contribution >= 4 is 7.32 Å². The van der Waals surface area contributed by atoms with E-state index in [1.54, 1.807) is 0 Å². The smallest absolute Gasteiger partial charge is 0.348 e. The number of hydrogen-bond donors (Lipinski definition) is 0. The summed E-state index contributed by atoms with van der Waals surface area (Å²) in [4.78, 5) is 0. The molecular formula is C12H3BF18O3. The van der Waals surface area contributed by atoms with Crippen LogP contribution < -0.4 is 0 Å². The SMILES string of the molecule is FC1C(F)(OB(OC2(F)C(F)C2(F)C(F)(F)F)OC2(F)C(F)C2(F)C(F)(F)F)C1(F)C(F)(F)F. The second-order valence-electron chi connectivity index (χ2n) is 7.29. The first-order valence-electron chi connectivity index (χ1n) is 8.04. The fourth-order valence-corrected chi connectivity index (χ4v) is 2.97. The third kappa shape index (κ3) is 2.83. The van der Waals surface area contributed by atoms with Crippen LogP contribution in [0.3, 0.4) is 0 Å². The zero-order valence-corrected chi connectivity index (χ0v) is 14.8. The van der Waals surface area contributed by atoms with E-state index in [4.69, 9.17) is 0 Å². The Balaban J connectivity index is 1.95. The molecule has 3 fully saturated rings. The molecule has 0 spiro atoms. The first-order valence-corrected chi connectivity index (χ1v) is 8.04. The predicted molar refractivity (Wildman–Crippen MR) is 64.9 cm³/mol. The lowest BCUT2D eigenvalue weighted by Crippen LogP contribution is -2.48. The molecule has 22 heteroatoms. The molecule has 0 amide bonds. The molecule has 0 aromatic carbocycles. The number of halogens is 18. The Morgan fingerprint density at radius 1 is 0.441 bits per heavy atom. The van der Waals surface area contributed by atoms with Gasteiger partial charge in [0, 0.05) is 0 Å². The maximum Gasteiger partial charge on any atom is 0.646 e. The minimum Gasteiger partial charge on any atom is -0.348 e. The van der Waals surface area contributed by atoms with E-state index in [1.165, 1.54) is 0 Å². The minimum absolute atomic E-state index is 2.98. The summed E-state index contributed by atoms with van der Waals surface area (Å²) in [5, 5.41) is 0. The highest BCUT2D eigenvalue weighted by Gasteiger charge is 3.00. The monoisotopic (exact) mass is 548 g/mol. The molecule has 3 aliphatic carbocycles. The zero-order chi connectivity index (χ0) is 26.9. The van der Waals surface area contributed by atoms with Gasteiger partial charge in [0.15, 0.2) is 0 Å². The summed E-state index contributed by atoms with van der Waals surface area (Å²) in [6.07, 6.45) is -33.7. The van der Waals surface area contributed by atoms with Crippen LogP contribution in [0.5, 0.6) is 0 Å². The Kier molecular flexibility index (Phi) is 5.22. The fourth-order valence-electron chi connectivity index (χ4n) is 2.97. The standard InChI is InChI=1S/C12H3BF18O3/c14-1-4(17,10(23,24)25)7(1,20)32-13(33-8(21)2(15)5(8,18)11(26,27)28)34-9(22)3(16)6(9,19)12(29,30)31/h1-3H. The first-order chi connectivity index (χ1) is 14.7. The lowest BCUT2D eigenvalue weighted by atomic mass is 10.2. The van der Waals surface area contributed by atoms with Gasteiger partial charge in [0.2, 0.25) is 18.5 Å². The molecule has 34 heavy (non-hydrogen) atoms. The molecule has 0 radical (unpaired) electrons. The van der Waals surface area contributed by atoms with Crippen molar-refractivity contribution in [1.82, 2.24) is 0 Å². The van der Waals surface area contributed by atoms with Crippen LogP contribution in [0.25, 0.3) is 0 Å². The molecule has 0 aliphatic heterocycles. The Bertz CT molecular complexity index is 755. The molecule has 198 valence electrons. The minimum atomic E-state index is -6.64. The van der Waals surface area contributed by atoms with E-state index in [9.17, 15) is 79.0 Å². The Labute approximate surface area is 173 Å². The molecule has 0 heterocycles. The number of alkyl halides is 18. The van der Waals surface area contributed by atoms with Gasteiger partial charge in [-0.25, -0.2) is 39.5 Å². The molecule has 0 N–H and O–H groups in total. The number of rotatable bonds is 6. The van der Waals surface area contributed by atoms with Crippen molar-refractivity contribution in [3.05, 3.63) is 0 Å². The van der Waals surface area contributed by atoms with Crippen molar-refractivity contribution in [2.75, 3.05) is 0 Å². The van der Waals surface area contributed by atoms with Gasteiger partial charge in [0.25, 0.3) is 17.6 Å². The molecule has 0 bridgehead atoms. The highest BCUT2D eigenvalue weighted by molar-refractivity contribution is 6.37. The Morgan fingerprint density at radius 3 is 0.735 bits per heavy atom. The van der Waals surface area contributed by atoms with Gasteiger partial charge in [0.1, 0.15) is 0 Å². The van der Waals surface area contributed by atoms with E-state index in [2.05, 4.69) is 14.0 Å². The average Bonchev–Trinajstić information content (AvgIpc) is 3.41. The molecule has 3 rings (SSSR count). The van der Waals surface area contributed by atoms with Crippen LogP contribution in [0.1, 0.15) is 0 Å². The van der Waals surface area contributed by atoms with E-state index in [-0.39, 0.29) is 0 Å². The molecular weight excluding hydrogens is 545 g/mol. The maximum atomic E-state index is 14.0. The van der Waals surface area contributed by atoms with Gasteiger partial charge in [0.05, 0.1) is 0 Å². The zero-order valence-electron chi connectivity index (χ0n) is 14.8. The second-order valence-corrected chi connectivity index (χ2v) is 7.29. The van der Waals surface area contributed by atoms with E-state index in [0.717, 1.165) is 0 Å².